The maximum absolute atomic E-state index is 11.8. The summed E-state index contributed by atoms with van der Waals surface area (Å²) in [4.78, 5) is 19.0. The quantitative estimate of drug-likeness (QED) is 0.429. The summed E-state index contributed by atoms with van der Waals surface area (Å²) in [5.74, 6) is 0.736. The summed E-state index contributed by atoms with van der Waals surface area (Å²) in [5.41, 5.74) is -0.597. The van der Waals surface area contributed by atoms with E-state index in [-0.39, 0.29) is 5.97 Å². The fourth-order valence-electron chi connectivity index (χ4n) is 1.54. The second kappa shape index (κ2) is 7.43. The highest BCUT2D eigenvalue weighted by atomic mass is 32.2. The second-order valence-corrected chi connectivity index (χ2v) is 5.23. The summed E-state index contributed by atoms with van der Waals surface area (Å²) in [5, 5.41) is 3.96. The van der Waals surface area contributed by atoms with Gasteiger partial charge in [-0.15, -0.1) is 0 Å². The number of likely N-dealkylation sites (N-methyl/N-ethyl adjacent to an activating group) is 1. The number of nitrogens with one attached hydrogen (secondary N) is 2. The van der Waals surface area contributed by atoms with Crippen molar-refractivity contribution in [2.45, 2.75) is 37.4 Å². The van der Waals surface area contributed by atoms with Crippen LogP contribution in [-0.2, 0) is 9.53 Å². The molecule has 0 saturated carbocycles. The number of hydrogen-bond acceptors (Lipinski definition) is 5. The number of aromatic amines is 1. The van der Waals surface area contributed by atoms with Gasteiger partial charge in [-0.3, -0.25) is 4.79 Å². The maximum atomic E-state index is 11.8. The number of H-pyrrole nitrogens is 1. The SMILES string of the molecule is CCOC(=O)C(C)(CCCSc1ncc[nH]1)NC. The van der Waals surface area contributed by atoms with Crippen LogP contribution in [-0.4, -0.2) is 40.9 Å². The van der Waals surface area contributed by atoms with Crippen molar-refractivity contribution in [3.05, 3.63) is 12.4 Å². The van der Waals surface area contributed by atoms with Gasteiger partial charge in [0.1, 0.15) is 5.54 Å². The number of thioether (sulfide) groups is 1. The molecule has 0 aliphatic rings. The number of esters is 1. The standard InChI is InChI=1S/C12H21N3O2S/c1-4-17-10(16)12(2,13-3)6-5-9-18-11-14-7-8-15-11/h7-8,13H,4-6,9H2,1-3H3,(H,14,15). The van der Waals surface area contributed by atoms with Crippen molar-refractivity contribution in [1.82, 2.24) is 15.3 Å². The van der Waals surface area contributed by atoms with Gasteiger partial charge in [-0.1, -0.05) is 11.8 Å². The fraction of sp³-hybridized carbons (Fsp3) is 0.667. The first-order valence-electron chi connectivity index (χ1n) is 6.10. The minimum Gasteiger partial charge on any atom is -0.465 e. The van der Waals surface area contributed by atoms with Crippen molar-refractivity contribution in [3.63, 3.8) is 0 Å². The first kappa shape index (κ1) is 15.0. The Morgan fingerprint density at radius 2 is 2.44 bits per heavy atom. The van der Waals surface area contributed by atoms with E-state index >= 15 is 0 Å². The Balaban J connectivity index is 2.32. The smallest absolute Gasteiger partial charge is 0.326 e. The summed E-state index contributed by atoms with van der Waals surface area (Å²) < 4.78 is 5.07. The Bertz CT molecular complexity index is 356. The Hall–Kier alpha value is -1.01. The highest BCUT2D eigenvalue weighted by molar-refractivity contribution is 7.99. The van der Waals surface area contributed by atoms with Crippen molar-refractivity contribution in [1.29, 1.82) is 0 Å². The highest BCUT2D eigenvalue weighted by Gasteiger charge is 2.32. The number of imidazole rings is 1. The van der Waals surface area contributed by atoms with Crippen LogP contribution in [0.25, 0.3) is 0 Å². The molecular formula is C12H21N3O2S. The average molecular weight is 271 g/mol. The van der Waals surface area contributed by atoms with Gasteiger partial charge in [0.25, 0.3) is 0 Å². The molecule has 0 amide bonds. The minimum atomic E-state index is -0.597. The third-order valence-electron chi connectivity index (χ3n) is 2.81. The van der Waals surface area contributed by atoms with Gasteiger partial charge < -0.3 is 15.0 Å². The highest BCUT2D eigenvalue weighted by Crippen LogP contribution is 2.19. The lowest BCUT2D eigenvalue weighted by Crippen LogP contribution is -2.48. The third-order valence-corrected chi connectivity index (χ3v) is 3.80. The Labute approximate surface area is 112 Å². The molecular weight excluding hydrogens is 250 g/mol. The van der Waals surface area contributed by atoms with Gasteiger partial charge in [0.2, 0.25) is 0 Å². The molecule has 0 saturated heterocycles. The zero-order valence-corrected chi connectivity index (χ0v) is 12.0. The molecule has 18 heavy (non-hydrogen) atoms. The van der Waals surface area contributed by atoms with E-state index in [4.69, 9.17) is 4.74 Å². The molecule has 2 N–H and O–H groups in total. The number of carbonyl (C=O) groups is 1. The van der Waals surface area contributed by atoms with Gasteiger partial charge in [-0.25, -0.2) is 4.98 Å². The minimum absolute atomic E-state index is 0.185. The zero-order chi connectivity index (χ0) is 13.4. The summed E-state index contributed by atoms with van der Waals surface area (Å²) in [6.07, 6.45) is 5.20. The number of hydrogen-bond donors (Lipinski definition) is 2. The van der Waals surface area contributed by atoms with E-state index in [1.54, 1.807) is 31.2 Å². The average Bonchev–Trinajstić information content (AvgIpc) is 2.87. The molecule has 6 heteroatoms. The summed E-state index contributed by atoms with van der Waals surface area (Å²) >= 11 is 1.66. The Morgan fingerprint density at radius 3 is 3.00 bits per heavy atom. The Kier molecular flexibility index (Phi) is 6.21. The van der Waals surface area contributed by atoms with Gasteiger partial charge in [0.05, 0.1) is 6.61 Å². The van der Waals surface area contributed by atoms with Crippen molar-refractivity contribution in [3.8, 4) is 0 Å². The summed E-state index contributed by atoms with van der Waals surface area (Å²) in [7, 11) is 1.79. The van der Waals surface area contributed by atoms with Crippen LogP contribution in [0.2, 0.25) is 0 Å². The number of ether oxygens (including phenoxy) is 1. The first-order chi connectivity index (χ1) is 8.62. The molecule has 0 fully saturated rings. The molecule has 5 nitrogen and oxygen atoms in total. The van der Waals surface area contributed by atoms with E-state index in [1.807, 2.05) is 13.8 Å². The summed E-state index contributed by atoms with van der Waals surface area (Å²) in [6, 6.07) is 0. The second-order valence-electron chi connectivity index (χ2n) is 4.15. The Morgan fingerprint density at radius 1 is 1.67 bits per heavy atom. The molecule has 0 spiro atoms. The molecule has 0 aliphatic carbocycles. The predicted octanol–water partition coefficient (Wildman–Crippen LogP) is 1.82. The zero-order valence-electron chi connectivity index (χ0n) is 11.2. The van der Waals surface area contributed by atoms with E-state index in [1.165, 1.54) is 0 Å². The van der Waals surface area contributed by atoms with Crippen molar-refractivity contribution in [2.75, 3.05) is 19.4 Å². The monoisotopic (exact) mass is 271 g/mol. The molecule has 1 heterocycles. The number of aromatic nitrogens is 2. The molecule has 0 radical (unpaired) electrons. The van der Waals surface area contributed by atoms with E-state index in [9.17, 15) is 4.79 Å². The van der Waals surface area contributed by atoms with Crippen LogP contribution in [0.1, 0.15) is 26.7 Å². The van der Waals surface area contributed by atoms with Crippen LogP contribution in [0.4, 0.5) is 0 Å². The molecule has 1 aromatic heterocycles. The van der Waals surface area contributed by atoms with E-state index in [0.717, 1.165) is 23.8 Å². The lowest BCUT2D eigenvalue weighted by molar-refractivity contribution is -0.150. The van der Waals surface area contributed by atoms with Crippen molar-refractivity contribution >= 4 is 17.7 Å². The van der Waals surface area contributed by atoms with Crippen LogP contribution in [0.15, 0.2) is 17.6 Å². The molecule has 0 aliphatic heterocycles. The number of nitrogens with zero attached hydrogens (tertiary/aromatic N) is 1. The van der Waals surface area contributed by atoms with Crippen LogP contribution in [0.5, 0.6) is 0 Å². The number of rotatable bonds is 8. The normalized spacial score (nSPS) is 14.2. The van der Waals surface area contributed by atoms with E-state index < -0.39 is 5.54 Å². The lowest BCUT2D eigenvalue weighted by atomic mass is 9.97. The van der Waals surface area contributed by atoms with Crippen LogP contribution in [0, 0.1) is 0 Å². The molecule has 1 rings (SSSR count). The van der Waals surface area contributed by atoms with Gasteiger partial charge in [-0.05, 0) is 33.7 Å². The van der Waals surface area contributed by atoms with Crippen molar-refractivity contribution in [2.24, 2.45) is 0 Å². The van der Waals surface area contributed by atoms with E-state index in [2.05, 4.69) is 15.3 Å². The molecule has 1 atom stereocenters. The molecule has 102 valence electrons. The maximum Gasteiger partial charge on any atom is 0.326 e. The molecule has 1 unspecified atom stereocenters. The van der Waals surface area contributed by atoms with Crippen LogP contribution < -0.4 is 5.32 Å². The number of carbonyl (C=O) groups excluding carboxylic acids is 1. The molecule has 0 aromatic carbocycles. The topological polar surface area (TPSA) is 67.0 Å². The van der Waals surface area contributed by atoms with Crippen molar-refractivity contribution < 1.29 is 9.53 Å². The predicted molar refractivity (Wildman–Crippen MR) is 72.6 cm³/mol. The molecule has 0 bridgehead atoms. The third kappa shape index (κ3) is 4.34. The van der Waals surface area contributed by atoms with Gasteiger partial charge >= 0.3 is 5.97 Å². The van der Waals surface area contributed by atoms with E-state index in [0.29, 0.717) is 6.61 Å². The first-order valence-corrected chi connectivity index (χ1v) is 7.09. The van der Waals surface area contributed by atoms with Crippen LogP contribution >= 0.6 is 11.8 Å². The van der Waals surface area contributed by atoms with Gasteiger partial charge in [0, 0.05) is 18.1 Å². The summed E-state index contributed by atoms with van der Waals surface area (Å²) in [6.45, 7) is 4.11. The van der Waals surface area contributed by atoms with Crippen LogP contribution in [0.3, 0.4) is 0 Å². The van der Waals surface area contributed by atoms with Gasteiger partial charge in [0.15, 0.2) is 5.16 Å². The molecule has 1 aromatic rings. The van der Waals surface area contributed by atoms with Gasteiger partial charge in [-0.2, -0.15) is 0 Å². The largest absolute Gasteiger partial charge is 0.465 e. The fourth-order valence-corrected chi connectivity index (χ4v) is 2.31. The lowest BCUT2D eigenvalue weighted by Gasteiger charge is -2.26.